The van der Waals surface area contributed by atoms with E-state index in [2.05, 4.69) is 25.1 Å². The van der Waals surface area contributed by atoms with Crippen molar-refractivity contribution in [3.8, 4) is 5.75 Å². The van der Waals surface area contributed by atoms with Gasteiger partial charge in [0.15, 0.2) is 6.61 Å². The highest BCUT2D eigenvalue weighted by atomic mass is 16.6. The molecule has 136 valence electrons. The second kappa shape index (κ2) is 7.63. The van der Waals surface area contributed by atoms with E-state index in [-0.39, 0.29) is 12.6 Å². The Morgan fingerprint density at radius 3 is 2.68 bits per heavy atom. The van der Waals surface area contributed by atoms with E-state index in [1.54, 1.807) is 0 Å². The molecule has 0 heterocycles. The largest absolute Gasteiger partial charge is 0.482 e. The van der Waals surface area contributed by atoms with Gasteiger partial charge in [0, 0.05) is 0 Å². The monoisotopic (exact) mass is 342 g/mol. The van der Waals surface area contributed by atoms with E-state index in [0.717, 1.165) is 25.0 Å². The fraction of sp³-hybridized carbons (Fsp3) is 0.591. The molecule has 3 nitrogen and oxygen atoms in total. The van der Waals surface area contributed by atoms with Crippen LogP contribution in [0.25, 0.3) is 12.2 Å². The minimum Gasteiger partial charge on any atom is -0.482 e. The first-order chi connectivity index (χ1) is 11.9. The van der Waals surface area contributed by atoms with Crippen molar-refractivity contribution >= 4 is 18.1 Å². The van der Waals surface area contributed by atoms with E-state index in [1.165, 1.54) is 29.7 Å². The molecule has 1 fully saturated rings. The van der Waals surface area contributed by atoms with Crippen LogP contribution in [0, 0.1) is 11.8 Å². The quantitative estimate of drug-likeness (QED) is 0.768. The van der Waals surface area contributed by atoms with Crippen LogP contribution in [0.15, 0.2) is 18.2 Å². The van der Waals surface area contributed by atoms with Crippen molar-refractivity contribution in [3.05, 3.63) is 28.6 Å². The van der Waals surface area contributed by atoms with E-state index >= 15 is 0 Å². The van der Waals surface area contributed by atoms with Crippen LogP contribution in [-0.2, 0) is 9.53 Å². The fourth-order valence-electron chi connectivity index (χ4n) is 4.00. The zero-order chi connectivity index (χ0) is 17.9. The Bertz CT molecular complexity index is 726. The molecule has 0 bridgehead atoms. The zero-order valence-electron chi connectivity index (χ0n) is 15.7. The van der Waals surface area contributed by atoms with Crippen molar-refractivity contribution in [3.63, 3.8) is 0 Å². The van der Waals surface area contributed by atoms with Gasteiger partial charge in [-0.1, -0.05) is 44.4 Å². The number of fused-ring (bicyclic) bond motifs is 1. The third-order valence-corrected chi connectivity index (χ3v) is 5.55. The summed E-state index contributed by atoms with van der Waals surface area (Å²) in [5.41, 5.74) is -0.407. The molecule has 2 aliphatic carbocycles. The van der Waals surface area contributed by atoms with E-state index in [1.807, 2.05) is 26.0 Å². The molecule has 1 unspecified atom stereocenters. The SMILES string of the molecule is CC1C=c2ccc(OCC(=O)OC(C)(C)C3CCCCC3)cc2=CC1. The maximum absolute atomic E-state index is 12.2. The standard InChI is InChI=1S/C22H30O3/c1-16-9-10-18-14-20(12-11-17(18)13-16)24-15-21(23)25-22(2,3)19-7-5-4-6-8-19/h10-14,16,19H,4-9,15H2,1-3H3. The number of hydrogen-bond donors (Lipinski definition) is 0. The zero-order valence-corrected chi connectivity index (χ0v) is 15.7. The fourth-order valence-corrected chi connectivity index (χ4v) is 4.00. The highest BCUT2D eigenvalue weighted by molar-refractivity contribution is 5.71. The lowest BCUT2D eigenvalue weighted by atomic mass is 9.79. The summed E-state index contributed by atoms with van der Waals surface area (Å²) in [6.07, 6.45) is 11.6. The third kappa shape index (κ3) is 4.65. The van der Waals surface area contributed by atoms with Crippen LogP contribution in [0.1, 0.15) is 59.3 Å². The summed E-state index contributed by atoms with van der Waals surface area (Å²) >= 11 is 0. The van der Waals surface area contributed by atoms with Crippen molar-refractivity contribution in [1.82, 2.24) is 0 Å². The normalized spacial score (nSPS) is 20.8. The van der Waals surface area contributed by atoms with Crippen LogP contribution < -0.4 is 15.2 Å². The summed E-state index contributed by atoms with van der Waals surface area (Å²) in [4.78, 5) is 12.2. The lowest BCUT2D eigenvalue weighted by Gasteiger charge is -2.36. The van der Waals surface area contributed by atoms with E-state index in [4.69, 9.17) is 9.47 Å². The summed E-state index contributed by atoms with van der Waals surface area (Å²) in [6, 6.07) is 6.01. The molecular formula is C22H30O3. The Kier molecular flexibility index (Phi) is 5.51. The van der Waals surface area contributed by atoms with Crippen molar-refractivity contribution in [2.45, 2.75) is 64.9 Å². The van der Waals surface area contributed by atoms with Gasteiger partial charge in [-0.2, -0.15) is 0 Å². The minimum atomic E-state index is -0.407. The van der Waals surface area contributed by atoms with Crippen LogP contribution in [0.4, 0.5) is 0 Å². The van der Waals surface area contributed by atoms with Gasteiger partial charge in [0.25, 0.3) is 0 Å². The Morgan fingerprint density at radius 1 is 1.16 bits per heavy atom. The maximum Gasteiger partial charge on any atom is 0.344 e. The molecule has 0 spiro atoms. The van der Waals surface area contributed by atoms with Gasteiger partial charge >= 0.3 is 5.97 Å². The number of carbonyl (C=O) groups excluding carboxylic acids is 1. The van der Waals surface area contributed by atoms with E-state index in [0.29, 0.717) is 11.8 Å². The molecule has 25 heavy (non-hydrogen) atoms. The number of rotatable bonds is 5. The Labute approximate surface area is 150 Å². The predicted octanol–water partition coefficient (Wildman–Crippen LogP) is 3.57. The number of benzene rings is 1. The van der Waals surface area contributed by atoms with Crippen LogP contribution in [0.3, 0.4) is 0 Å². The van der Waals surface area contributed by atoms with Crippen molar-refractivity contribution in [2.24, 2.45) is 11.8 Å². The maximum atomic E-state index is 12.2. The topological polar surface area (TPSA) is 35.5 Å². The van der Waals surface area contributed by atoms with E-state index in [9.17, 15) is 4.79 Å². The molecule has 0 amide bonds. The van der Waals surface area contributed by atoms with Crippen LogP contribution in [0.2, 0.25) is 0 Å². The van der Waals surface area contributed by atoms with Crippen LogP contribution in [-0.4, -0.2) is 18.2 Å². The second-order valence-corrected chi connectivity index (χ2v) is 8.08. The Hall–Kier alpha value is -1.77. The molecule has 3 heteroatoms. The Morgan fingerprint density at radius 2 is 1.92 bits per heavy atom. The molecule has 0 aromatic heterocycles. The summed E-state index contributed by atoms with van der Waals surface area (Å²) < 4.78 is 11.4. The first-order valence-corrected chi connectivity index (χ1v) is 9.61. The molecule has 3 rings (SSSR count). The summed E-state index contributed by atoms with van der Waals surface area (Å²) in [7, 11) is 0. The van der Waals surface area contributed by atoms with E-state index < -0.39 is 5.60 Å². The highest BCUT2D eigenvalue weighted by Gasteiger charge is 2.34. The summed E-state index contributed by atoms with van der Waals surface area (Å²) in [6.45, 7) is 6.25. The highest BCUT2D eigenvalue weighted by Crippen LogP contribution is 2.34. The molecule has 1 saturated carbocycles. The summed E-state index contributed by atoms with van der Waals surface area (Å²) in [5, 5.41) is 2.43. The molecule has 1 atom stereocenters. The van der Waals surface area contributed by atoms with Gasteiger partial charge in [0.1, 0.15) is 11.4 Å². The number of carbonyl (C=O) groups is 1. The molecular weight excluding hydrogens is 312 g/mol. The van der Waals surface area contributed by atoms with Crippen molar-refractivity contribution in [1.29, 1.82) is 0 Å². The lowest BCUT2D eigenvalue weighted by molar-refractivity contribution is -0.165. The molecule has 0 radical (unpaired) electrons. The smallest absolute Gasteiger partial charge is 0.344 e. The molecule has 2 aliphatic rings. The van der Waals surface area contributed by atoms with Gasteiger partial charge in [-0.15, -0.1) is 0 Å². The first-order valence-electron chi connectivity index (χ1n) is 9.61. The van der Waals surface area contributed by atoms with Crippen molar-refractivity contribution in [2.75, 3.05) is 6.61 Å². The van der Waals surface area contributed by atoms with Gasteiger partial charge in [-0.3, -0.25) is 0 Å². The molecule has 1 aromatic carbocycles. The molecule has 0 aliphatic heterocycles. The summed E-state index contributed by atoms with van der Waals surface area (Å²) in [5.74, 6) is 1.49. The van der Waals surface area contributed by atoms with Crippen molar-refractivity contribution < 1.29 is 14.3 Å². The van der Waals surface area contributed by atoms with Gasteiger partial charge in [0.05, 0.1) is 0 Å². The lowest BCUT2D eigenvalue weighted by Crippen LogP contribution is -2.39. The van der Waals surface area contributed by atoms with Crippen LogP contribution >= 0.6 is 0 Å². The second-order valence-electron chi connectivity index (χ2n) is 8.08. The number of esters is 1. The number of ether oxygens (including phenoxy) is 2. The predicted molar refractivity (Wildman–Crippen MR) is 101 cm³/mol. The first kappa shape index (κ1) is 18.0. The molecule has 0 N–H and O–H groups in total. The van der Waals surface area contributed by atoms with Gasteiger partial charge in [0.2, 0.25) is 0 Å². The average molecular weight is 342 g/mol. The third-order valence-electron chi connectivity index (χ3n) is 5.55. The minimum absolute atomic E-state index is 0.0327. The Balaban J connectivity index is 1.56. The molecule has 1 aromatic rings. The number of hydrogen-bond acceptors (Lipinski definition) is 3. The van der Waals surface area contributed by atoms with Gasteiger partial charge in [-0.25, -0.2) is 4.79 Å². The molecule has 0 saturated heterocycles. The van der Waals surface area contributed by atoms with Crippen LogP contribution in [0.5, 0.6) is 5.75 Å². The van der Waals surface area contributed by atoms with Gasteiger partial charge in [-0.05, 0) is 67.5 Å². The average Bonchev–Trinajstić information content (AvgIpc) is 2.60. The van der Waals surface area contributed by atoms with Gasteiger partial charge < -0.3 is 9.47 Å².